The van der Waals surface area contributed by atoms with E-state index in [1.165, 1.54) is 12.3 Å². The van der Waals surface area contributed by atoms with E-state index in [1.54, 1.807) is 0 Å². The van der Waals surface area contributed by atoms with Gasteiger partial charge in [0.1, 0.15) is 6.10 Å². The van der Waals surface area contributed by atoms with Gasteiger partial charge in [0.05, 0.1) is 18.3 Å². The molecular weight excluding hydrogens is 318 g/mol. The van der Waals surface area contributed by atoms with Crippen molar-refractivity contribution in [2.24, 2.45) is 5.11 Å². The number of azide groups is 1. The fourth-order valence-electron chi connectivity index (χ4n) is 1.31. The van der Waals surface area contributed by atoms with Crippen LogP contribution in [0.5, 0.6) is 0 Å². The van der Waals surface area contributed by atoms with Gasteiger partial charge in [0.2, 0.25) is 5.78 Å². The second-order valence-corrected chi connectivity index (χ2v) is 5.88. The number of carbonyl (C=O) groups is 1. The first-order chi connectivity index (χ1) is 8.77. The van der Waals surface area contributed by atoms with E-state index in [4.69, 9.17) is 40.3 Å². The number of aromatic amines is 1. The van der Waals surface area contributed by atoms with Crippen LogP contribution in [-0.4, -0.2) is 37.4 Å². The molecule has 2 unspecified atom stereocenters. The number of nitrogens with zero attached hydrogens (tertiary/aromatic N) is 3. The molecule has 0 fully saturated rings. The molecule has 0 bridgehead atoms. The van der Waals surface area contributed by atoms with Crippen LogP contribution < -0.4 is 0 Å². The van der Waals surface area contributed by atoms with E-state index in [0.717, 1.165) is 0 Å². The molecule has 0 amide bonds. The maximum Gasteiger partial charge on any atom is 0.254 e. The van der Waals surface area contributed by atoms with E-state index in [2.05, 4.69) is 15.0 Å². The highest BCUT2D eigenvalue weighted by atomic mass is 35.6. The van der Waals surface area contributed by atoms with Gasteiger partial charge in [-0.2, -0.15) is 0 Å². The summed E-state index contributed by atoms with van der Waals surface area (Å²) in [5, 5.41) is 22.4. The molecule has 3 N–H and O–H groups in total. The van der Waals surface area contributed by atoms with Crippen LogP contribution in [0.4, 0.5) is 0 Å². The van der Waals surface area contributed by atoms with Crippen molar-refractivity contribution in [3.05, 3.63) is 34.0 Å². The third-order valence-corrected chi connectivity index (χ3v) is 2.76. The molecule has 0 aromatic carbocycles. The quantitative estimate of drug-likeness (QED) is 0.253. The summed E-state index contributed by atoms with van der Waals surface area (Å²) in [7, 11) is 0. The van der Waals surface area contributed by atoms with Crippen LogP contribution in [0.25, 0.3) is 10.4 Å². The Hall–Kier alpha value is -0.950. The lowest BCUT2D eigenvalue weighted by molar-refractivity contribution is 0.0245. The van der Waals surface area contributed by atoms with Gasteiger partial charge < -0.3 is 15.2 Å². The normalized spacial score (nSPS) is 14.6. The monoisotopic (exact) mass is 326 g/mol. The van der Waals surface area contributed by atoms with Gasteiger partial charge in [-0.3, -0.25) is 4.79 Å². The number of nitrogens with one attached hydrogen (secondary N) is 1. The van der Waals surface area contributed by atoms with E-state index >= 15 is 0 Å². The number of halogens is 3. The summed E-state index contributed by atoms with van der Waals surface area (Å²) in [5.41, 5.74) is 8.29. The lowest BCUT2D eigenvalue weighted by Gasteiger charge is -2.14. The second-order valence-electron chi connectivity index (χ2n) is 3.60. The summed E-state index contributed by atoms with van der Waals surface area (Å²) in [4.78, 5) is 16.6. The van der Waals surface area contributed by atoms with Crippen LogP contribution in [0.15, 0.2) is 17.4 Å². The third-order valence-electron chi connectivity index (χ3n) is 2.25. The standard InChI is InChI=1S/C9H9Cl3N4O3/c10-9(11,12)8(19)5-1-4(2-14-5)7(18)6(17)3-15-16-13/h1-2,6-7,14,17-18H,3H2. The SMILES string of the molecule is [N-]=[N+]=NCC(O)C(O)c1c[nH]c(C(=O)C(Cl)(Cl)Cl)c1. The molecule has 1 rings (SSSR count). The van der Waals surface area contributed by atoms with Crippen molar-refractivity contribution < 1.29 is 15.0 Å². The summed E-state index contributed by atoms with van der Waals surface area (Å²) in [6.45, 7) is -0.309. The van der Waals surface area contributed by atoms with Gasteiger partial charge in [-0.15, -0.1) is 0 Å². The molecule has 7 nitrogen and oxygen atoms in total. The highest BCUT2D eigenvalue weighted by Crippen LogP contribution is 2.31. The molecule has 0 aliphatic heterocycles. The highest BCUT2D eigenvalue weighted by Gasteiger charge is 2.33. The smallest absolute Gasteiger partial charge is 0.254 e. The number of H-pyrrole nitrogens is 1. The predicted molar refractivity (Wildman–Crippen MR) is 70.4 cm³/mol. The Bertz CT molecular complexity index is 507. The van der Waals surface area contributed by atoms with Crippen molar-refractivity contribution in [1.82, 2.24) is 4.98 Å². The van der Waals surface area contributed by atoms with Crippen LogP contribution in [0.1, 0.15) is 22.2 Å². The number of Topliss-reactive ketones (excluding diaryl/α,β-unsaturated/α-hetero) is 1. The Morgan fingerprint density at radius 1 is 1.53 bits per heavy atom. The van der Waals surface area contributed by atoms with Gasteiger partial charge in [-0.25, -0.2) is 0 Å². The number of ketones is 1. The summed E-state index contributed by atoms with van der Waals surface area (Å²) < 4.78 is -2.11. The molecule has 1 aromatic heterocycles. The second kappa shape index (κ2) is 6.47. The molecule has 10 heteroatoms. The van der Waals surface area contributed by atoms with Crippen molar-refractivity contribution in [2.45, 2.75) is 16.0 Å². The Labute approximate surface area is 122 Å². The number of aliphatic hydroxyl groups is 2. The lowest BCUT2D eigenvalue weighted by Crippen LogP contribution is -2.21. The molecule has 0 aliphatic rings. The van der Waals surface area contributed by atoms with Crippen LogP contribution >= 0.6 is 34.8 Å². The Morgan fingerprint density at radius 2 is 2.16 bits per heavy atom. The number of aliphatic hydroxyl groups excluding tert-OH is 2. The van der Waals surface area contributed by atoms with Gasteiger partial charge in [-0.05, 0) is 11.6 Å². The van der Waals surface area contributed by atoms with E-state index in [0.29, 0.717) is 0 Å². The molecule has 0 radical (unpaired) electrons. The molecule has 0 aliphatic carbocycles. The minimum atomic E-state index is -2.11. The molecule has 2 atom stereocenters. The number of aromatic nitrogens is 1. The van der Waals surface area contributed by atoms with Gasteiger partial charge in [0, 0.05) is 16.7 Å². The number of hydrogen-bond acceptors (Lipinski definition) is 4. The van der Waals surface area contributed by atoms with E-state index in [1.807, 2.05) is 0 Å². The summed E-state index contributed by atoms with van der Waals surface area (Å²) in [6.07, 6.45) is -1.35. The number of hydrogen-bond donors (Lipinski definition) is 3. The average molecular weight is 328 g/mol. The third kappa shape index (κ3) is 4.28. The van der Waals surface area contributed by atoms with E-state index in [9.17, 15) is 15.0 Å². The Morgan fingerprint density at radius 3 is 2.68 bits per heavy atom. The minimum Gasteiger partial charge on any atom is -0.390 e. The van der Waals surface area contributed by atoms with Crippen LogP contribution in [0, 0.1) is 0 Å². The number of alkyl halides is 3. The lowest BCUT2D eigenvalue weighted by atomic mass is 10.1. The highest BCUT2D eigenvalue weighted by molar-refractivity contribution is 6.77. The molecule has 0 saturated heterocycles. The van der Waals surface area contributed by atoms with Gasteiger partial charge in [0.25, 0.3) is 3.79 Å². The fraction of sp³-hybridized carbons (Fsp3) is 0.444. The van der Waals surface area contributed by atoms with Crippen LogP contribution in [0.3, 0.4) is 0 Å². The Balaban J connectivity index is 2.85. The van der Waals surface area contributed by atoms with E-state index in [-0.39, 0.29) is 17.8 Å². The maximum atomic E-state index is 11.6. The van der Waals surface area contributed by atoms with Crippen LogP contribution in [-0.2, 0) is 0 Å². The first-order valence-electron chi connectivity index (χ1n) is 4.94. The van der Waals surface area contributed by atoms with Gasteiger partial charge in [0.15, 0.2) is 0 Å². The van der Waals surface area contributed by atoms with Crippen molar-refractivity contribution in [3.8, 4) is 0 Å². The molecule has 19 heavy (non-hydrogen) atoms. The fourth-order valence-corrected chi connectivity index (χ4v) is 1.61. The summed E-state index contributed by atoms with van der Waals surface area (Å²) in [6, 6.07) is 1.24. The zero-order valence-corrected chi connectivity index (χ0v) is 11.6. The maximum absolute atomic E-state index is 11.6. The van der Waals surface area contributed by atoms with Crippen molar-refractivity contribution in [2.75, 3.05) is 6.54 Å². The average Bonchev–Trinajstić information content (AvgIpc) is 2.82. The molecule has 1 heterocycles. The van der Waals surface area contributed by atoms with Crippen LogP contribution in [0.2, 0.25) is 0 Å². The first kappa shape index (κ1) is 16.1. The van der Waals surface area contributed by atoms with Gasteiger partial charge >= 0.3 is 0 Å². The molecule has 104 valence electrons. The zero-order valence-electron chi connectivity index (χ0n) is 9.29. The molecule has 0 spiro atoms. The minimum absolute atomic E-state index is 0.0231. The largest absolute Gasteiger partial charge is 0.390 e. The van der Waals surface area contributed by atoms with Crippen molar-refractivity contribution in [1.29, 1.82) is 0 Å². The van der Waals surface area contributed by atoms with E-state index < -0.39 is 21.8 Å². The number of rotatable bonds is 5. The molecule has 1 aromatic rings. The molecular formula is C9H9Cl3N4O3. The molecule has 0 saturated carbocycles. The summed E-state index contributed by atoms with van der Waals surface area (Å²) in [5.74, 6) is -0.791. The summed E-state index contributed by atoms with van der Waals surface area (Å²) >= 11 is 16.3. The van der Waals surface area contributed by atoms with Crippen molar-refractivity contribution >= 4 is 40.6 Å². The predicted octanol–water partition coefficient (Wildman–Crippen LogP) is 2.27. The topological polar surface area (TPSA) is 122 Å². The first-order valence-corrected chi connectivity index (χ1v) is 6.07. The zero-order chi connectivity index (χ0) is 14.6. The van der Waals surface area contributed by atoms with Gasteiger partial charge in [-0.1, -0.05) is 39.9 Å². The van der Waals surface area contributed by atoms with Crippen molar-refractivity contribution in [3.63, 3.8) is 0 Å². The Kier molecular flexibility index (Phi) is 5.49. The number of carbonyl (C=O) groups excluding carboxylic acids is 1.